The number of alkyl halides is 3. The van der Waals surface area contributed by atoms with Gasteiger partial charge in [0.2, 0.25) is 0 Å². The Morgan fingerprint density at radius 1 is 1.32 bits per heavy atom. The zero-order valence-corrected chi connectivity index (χ0v) is 18.9. The Balaban J connectivity index is 0.00000392. The molecule has 1 fully saturated rings. The Morgan fingerprint density at radius 2 is 2.07 bits per heavy atom. The predicted octanol–water partition coefficient (Wildman–Crippen LogP) is 2.93. The minimum absolute atomic E-state index is 0. The van der Waals surface area contributed by atoms with E-state index in [1.165, 1.54) is 0 Å². The topological polar surface area (TPSA) is 76.4 Å². The van der Waals surface area contributed by atoms with Gasteiger partial charge in [0.05, 0.1) is 5.92 Å². The lowest BCUT2D eigenvalue weighted by Crippen LogP contribution is -2.47. The molecule has 0 amide bonds. The van der Waals surface area contributed by atoms with E-state index in [-0.39, 0.29) is 42.9 Å². The standard InChI is InChI=1S/C17H29F3N6O.HI/c1-12-24-25-15(26(12)2)11-22-16(21-8-5-9-27-3)23-14-7-4-6-13(10-14)17(18,19)20;/h13-14H,4-11H2,1-3H3,(H2,21,22,23);1H. The molecule has 7 nitrogen and oxygen atoms in total. The summed E-state index contributed by atoms with van der Waals surface area (Å²) in [5.74, 6) is 0.727. The van der Waals surface area contributed by atoms with Crippen molar-refractivity contribution in [1.82, 2.24) is 25.4 Å². The summed E-state index contributed by atoms with van der Waals surface area (Å²) in [5.41, 5.74) is 0. The van der Waals surface area contributed by atoms with Crippen molar-refractivity contribution in [2.75, 3.05) is 20.3 Å². The van der Waals surface area contributed by atoms with E-state index in [9.17, 15) is 13.2 Å². The summed E-state index contributed by atoms with van der Waals surface area (Å²) < 4.78 is 46.0. The van der Waals surface area contributed by atoms with Crippen LogP contribution in [0.25, 0.3) is 0 Å². The number of rotatable bonds is 7. The Kier molecular flexibility index (Phi) is 10.5. The first-order chi connectivity index (χ1) is 12.8. The number of nitrogens with zero attached hydrogens (tertiary/aromatic N) is 4. The van der Waals surface area contributed by atoms with Gasteiger partial charge in [-0.25, -0.2) is 4.99 Å². The van der Waals surface area contributed by atoms with Crippen molar-refractivity contribution in [1.29, 1.82) is 0 Å². The van der Waals surface area contributed by atoms with Crippen molar-refractivity contribution >= 4 is 29.9 Å². The fourth-order valence-corrected chi connectivity index (χ4v) is 3.13. The third-order valence-corrected chi connectivity index (χ3v) is 4.86. The maximum Gasteiger partial charge on any atom is 0.391 e. The molecule has 0 aliphatic heterocycles. The summed E-state index contributed by atoms with van der Waals surface area (Å²) in [4.78, 5) is 4.50. The fraction of sp³-hybridized carbons (Fsp3) is 0.824. The summed E-state index contributed by atoms with van der Waals surface area (Å²) in [7, 11) is 3.48. The zero-order chi connectivity index (χ0) is 19.9. The lowest BCUT2D eigenvalue weighted by Gasteiger charge is -2.32. The van der Waals surface area contributed by atoms with E-state index in [1.54, 1.807) is 7.11 Å². The lowest BCUT2D eigenvalue weighted by atomic mass is 9.85. The Labute approximate surface area is 180 Å². The second-order valence-corrected chi connectivity index (χ2v) is 6.91. The van der Waals surface area contributed by atoms with E-state index in [0.717, 1.165) is 12.2 Å². The summed E-state index contributed by atoms with van der Waals surface area (Å²) in [5, 5.41) is 14.4. The second kappa shape index (κ2) is 11.8. The molecular formula is C17H30F3IN6O. The number of aromatic nitrogens is 3. The van der Waals surface area contributed by atoms with Gasteiger partial charge in [-0.2, -0.15) is 13.2 Å². The molecule has 162 valence electrons. The number of nitrogens with one attached hydrogen (secondary N) is 2. The van der Waals surface area contributed by atoms with Gasteiger partial charge in [0, 0.05) is 33.4 Å². The van der Waals surface area contributed by atoms with E-state index >= 15 is 0 Å². The van der Waals surface area contributed by atoms with Crippen LogP contribution in [0.15, 0.2) is 4.99 Å². The molecule has 1 aromatic heterocycles. The molecule has 1 saturated carbocycles. The van der Waals surface area contributed by atoms with Crippen LogP contribution in [0.1, 0.15) is 43.8 Å². The van der Waals surface area contributed by atoms with E-state index in [0.29, 0.717) is 44.3 Å². The maximum atomic E-state index is 13.1. The van der Waals surface area contributed by atoms with Crippen LogP contribution in [0.3, 0.4) is 0 Å². The average molecular weight is 518 g/mol. The molecule has 0 saturated heterocycles. The number of ether oxygens (including phenoxy) is 1. The van der Waals surface area contributed by atoms with Crippen LogP contribution in [0.4, 0.5) is 13.2 Å². The number of aliphatic imine (C=N–C) groups is 1. The molecule has 1 aliphatic rings. The Bertz CT molecular complexity index is 623. The van der Waals surface area contributed by atoms with E-state index in [2.05, 4.69) is 25.8 Å². The highest BCUT2D eigenvalue weighted by atomic mass is 127. The molecule has 0 spiro atoms. The zero-order valence-electron chi connectivity index (χ0n) is 16.6. The summed E-state index contributed by atoms with van der Waals surface area (Å²) in [6, 6.07) is -0.250. The van der Waals surface area contributed by atoms with Crippen molar-refractivity contribution in [2.24, 2.45) is 18.0 Å². The normalized spacial score (nSPS) is 20.6. The third-order valence-electron chi connectivity index (χ3n) is 4.86. The molecule has 2 unspecified atom stereocenters. The van der Waals surface area contributed by atoms with Gasteiger partial charge in [0.15, 0.2) is 11.8 Å². The molecule has 28 heavy (non-hydrogen) atoms. The molecule has 0 radical (unpaired) electrons. The highest BCUT2D eigenvalue weighted by Gasteiger charge is 2.42. The van der Waals surface area contributed by atoms with Crippen LogP contribution < -0.4 is 10.6 Å². The molecule has 2 N–H and O–H groups in total. The van der Waals surface area contributed by atoms with E-state index in [4.69, 9.17) is 4.74 Å². The van der Waals surface area contributed by atoms with Gasteiger partial charge < -0.3 is 19.9 Å². The minimum Gasteiger partial charge on any atom is -0.385 e. The first-order valence-corrected chi connectivity index (χ1v) is 9.26. The summed E-state index contributed by atoms with van der Waals surface area (Å²) >= 11 is 0. The summed E-state index contributed by atoms with van der Waals surface area (Å²) in [6.45, 7) is 3.36. The Morgan fingerprint density at radius 3 is 2.68 bits per heavy atom. The van der Waals surface area contributed by atoms with Crippen LogP contribution in [0.5, 0.6) is 0 Å². The van der Waals surface area contributed by atoms with Crippen molar-refractivity contribution in [2.45, 2.75) is 57.8 Å². The van der Waals surface area contributed by atoms with Crippen LogP contribution in [0.2, 0.25) is 0 Å². The fourth-order valence-electron chi connectivity index (χ4n) is 3.13. The molecule has 1 heterocycles. The van der Waals surface area contributed by atoms with Crippen molar-refractivity contribution < 1.29 is 17.9 Å². The van der Waals surface area contributed by atoms with Crippen LogP contribution >= 0.6 is 24.0 Å². The number of methoxy groups -OCH3 is 1. The van der Waals surface area contributed by atoms with Crippen molar-refractivity contribution in [3.05, 3.63) is 11.6 Å². The van der Waals surface area contributed by atoms with E-state index < -0.39 is 12.1 Å². The van der Waals surface area contributed by atoms with Crippen molar-refractivity contribution in [3.63, 3.8) is 0 Å². The van der Waals surface area contributed by atoms with Gasteiger partial charge in [-0.05, 0) is 32.6 Å². The van der Waals surface area contributed by atoms with E-state index in [1.807, 2.05) is 18.5 Å². The lowest BCUT2D eigenvalue weighted by molar-refractivity contribution is -0.183. The number of hydrogen-bond acceptors (Lipinski definition) is 4. The van der Waals surface area contributed by atoms with Crippen molar-refractivity contribution in [3.8, 4) is 0 Å². The first kappa shape index (κ1) is 24.9. The number of guanidine groups is 1. The quantitative estimate of drug-likeness (QED) is 0.251. The molecule has 1 aromatic rings. The van der Waals surface area contributed by atoms with Crippen LogP contribution in [0, 0.1) is 12.8 Å². The van der Waals surface area contributed by atoms with Gasteiger partial charge in [-0.3, -0.25) is 0 Å². The van der Waals surface area contributed by atoms with Gasteiger partial charge >= 0.3 is 6.18 Å². The number of halogens is 4. The molecule has 1 aliphatic carbocycles. The maximum absolute atomic E-state index is 13.1. The summed E-state index contributed by atoms with van der Waals surface area (Å²) in [6.07, 6.45) is -1.83. The average Bonchev–Trinajstić information content (AvgIpc) is 2.94. The van der Waals surface area contributed by atoms with Gasteiger partial charge in [-0.1, -0.05) is 6.42 Å². The van der Waals surface area contributed by atoms with Crippen LogP contribution in [-0.2, 0) is 18.3 Å². The number of aryl methyl sites for hydroxylation is 1. The number of hydrogen-bond donors (Lipinski definition) is 2. The Hall–Kier alpha value is -1.11. The highest BCUT2D eigenvalue weighted by Crippen LogP contribution is 2.37. The van der Waals surface area contributed by atoms with Crippen LogP contribution in [-0.4, -0.2) is 53.2 Å². The monoisotopic (exact) mass is 518 g/mol. The molecule has 0 bridgehead atoms. The third kappa shape index (κ3) is 7.72. The molecule has 0 aromatic carbocycles. The SMILES string of the molecule is COCCCNC(=NCc1nnc(C)n1C)NC1CCCC(C(F)(F)F)C1.I. The molecule has 2 rings (SSSR count). The molecule has 11 heteroatoms. The minimum atomic E-state index is -4.14. The molecular weight excluding hydrogens is 488 g/mol. The highest BCUT2D eigenvalue weighted by molar-refractivity contribution is 14.0. The predicted molar refractivity (Wildman–Crippen MR) is 112 cm³/mol. The molecule has 2 atom stereocenters. The van der Waals surface area contributed by atoms with Gasteiger partial charge in [0.25, 0.3) is 0 Å². The van der Waals surface area contributed by atoms with Gasteiger partial charge in [-0.15, -0.1) is 34.2 Å². The smallest absolute Gasteiger partial charge is 0.385 e. The second-order valence-electron chi connectivity index (χ2n) is 6.91. The first-order valence-electron chi connectivity index (χ1n) is 9.26. The largest absolute Gasteiger partial charge is 0.391 e. The van der Waals surface area contributed by atoms with Gasteiger partial charge in [0.1, 0.15) is 12.4 Å².